The molecule has 6 unspecified atom stereocenters. The van der Waals surface area contributed by atoms with E-state index in [2.05, 4.69) is 20.9 Å². The lowest BCUT2D eigenvalue weighted by Crippen LogP contribution is -2.59. The van der Waals surface area contributed by atoms with E-state index in [4.69, 9.17) is 22.9 Å². The highest BCUT2D eigenvalue weighted by Gasteiger charge is 2.33. The van der Waals surface area contributed by atoms with E-state index < -0.39 is 54.0 Å². The van der Waals surface area contributed by atoms with Gasteiger partial charge < -0.3 is 49.1 Å². The van der Waals surface area contributed by atoms with Gasteiger partial charge in [-0.15, -0.1) is 0 Å². The van der Waals surface area contributed by atoms with Gasteiger partial charge in [0.05, 0.1) is 12.1 Å². The first-order chi connectivity index (χ1) is 16.8. The molecule has 208 valence electrons. The number of carbonyl (C=O) groups is 4. The highest BCUT2D eigenvalue weighted by Crippen LogP contribution is 2.11. The van der Waals surface area contributed by atoms with Crippen LogP contribution in [0.5, 0.6) is 0 Å². The quantitative estimate of drug-likeness (QED) is 0.0523. The molecule has 0 aliphatic heterocycles. The topological polar surface area (TPSA) is 261 Å². The molecule has 6 atom stereocenters. The van der Waals surface area contributed by atoms with Gasteiger partial charge in [-0.2, -0.15) is 0 Å². The van der Waals surface area contributed by atoms with Crippen molar-refractivity contribution in [2.45, 2.75) is 89.6 Å². The minimum Gasteiger partial charge on any atom is -0.480 e. The molecule has 0 aromatic rings. The molecule has 0 aliphatic carbocycles. The van der Waals surface area contributed by atoms with E-state index in [9.17, 15) is 29.4 Å². The number of nitrogens with one attached hydrogen (secondary N) is 3. The number of amides is 3. The van der Waals surface area contributed by atoms with Crippen LogP contribution >= 0.6 is 0 Å². The number of unbranched alkanes of at least 4 members (excludes halogenated alkanes) is 1. The number of aliphatic carboxylic acids is 1. The van der Waals surface area contributed by atoms with Crippen molar-refractivity contribution < 1.29 is 29.4 Å². The molecule has 14 nitrogen and oxygen atoms in total. The van der Waals surface area contributed by atoms with Crippen LogP contribution in [0.3, 0.4) is 0 Å². The molecule has 0 radical (unpaired) electrons. The van der Waals surface area contributed by atoms with Crippen molar-refractivity contribution in [3.63, 3.8) is 0 Å². The van der Waals surface area contributed by atoms with Gasteiger partial charge in [-0.3, -0.25) is 19.4 Å². The molecule has 36 heavy (non-hydrogen) atoms. The minimum atomic E-state index is -1.55. The Bertz CT molecular complexity index is 744. The van der Waals surface area contributed by atoms with Gasteiger partial charge in [0.15, 0.2) is 12.0 Å². The molecule has 0 rings (SSSR count). The summed E-state index contributed by atoms with van der Waals surface area (Å²) in [6.07, 6.45) is 1.38. The summed E-state index contributed by atoms with van der Waals surface area (Å²) in [5.74, 6) is -3.85. The van der Waals surface area contributed by atoms with E-state index in [1.807, 2.05) is 0 Å². The van der Waals surface area contributed by atoms with Crippen molar-refractivity contribution in [1.82, 2.24) is 16.0 Å². The molecule has 0 fully saturated rings. The second kappa shape index (κ2) is 17.5. The fraction of sp³-hybridized carbons (Fsp3) is 0.773. The van der Waals surface area contributed by atoms with Gasteiger partial charge >= 0.3 is 5.97 Å². The Morgan fingerprint density at radius 2 is 1.50 bits per heavy atom. The lowest BCUT2D eigenvalue weighted by atomic mass is 9.96. The smallest absolute Gasteiger partial charge is 0.328 e. The third kappa shape index (κ3) is 12.7. The molecule has 13 N–H and O–H groups in total. The molecule has 0 bridgehead atoms. The summed E-state index contributed by atoms with van der Waals surface area (Å²) in [5, 5.41) is 26.5. The molecule has 0 aromatic carbocycles. The molecule has 0 aromatic heterocycles. The van der Waals surface area contributed by atoms with Gasteiger partial charge in [0.2, 0.25) is 17.7 Å². The standard InChI is InChI=1S/C22H44N8O6/c1-4-12(2)16(20(34)30-17(13(3)31)21(35)36)29-19(33)15(9-7-11-27-22(25)26)28-18(32)14(24)8-5-6-10-23/h12-17,31H,4-11,23-24H2,1-3H3,(H,28,32)(H,29,33)(H,30,34)(H,35,36)(H4,25,26,27). The van der Waals surface area contributed by atoms with Gasteiger partial charge in [-0.1, -0.05) is 26.7 Å². The maximum absolute atomic E-state index is 13.2. The normalized spacial score (nSPS) is 15.9. The maximum atomic E-state index is 13.2. The van der Waals surface area contributed by atoms with E-state index in [1.165, 1.54) is 6.92 Å². The van der Waals surface area contributed by atoms with Crippen LogP contribution in [0.25, 0.3) is 0 Å². The average molecular weight is 517 g/mol. The zero-order valence-electron chi connectivity index (χ0n) is 21.4. The van der Waals surface area contributed by atoms with Crippen LogP contribution in [-0.2, 0) is 19.2 Å². The first kappa shape index (κ1) is 33.0. The Balaban J connectivity index is 5.60. The number of aliphatic hydroxyl groups excluding tert-OH is 1. The Morgan fingerprint density at radius 3 is 2.00 bits per heavy atom. The van der Waals surface area contributed by atoms with E-state index in [-0.39, 0.29) is 24.8 Å². The monoisotopic (exact) mass is 516 g/mol. The van der Waals surface area contributed by atoms with Gasteiger partial charge in [-0.25, -0.2) is 4.79 Å². The summed E-state index contributed by atoms with van der Waals surface area (Å²) in [7, 11) is 0. The Morgan fingerprint density at radius 1 is 0.889 bits per heavy atom. The maximum Gasteiger partial charge on any atom is 0.328 e. The highest BCUT2D eigenvalue weighted by molar-refractivity contribution is 5.94. The molecule has 0 saturated heterocycles. The molecule has 0 heterocycles. The summed E-state index contributed by atoms with van der Waals surface area (Å²) in [5.41, 5.74) is 22.1. The average Bonchev–Trinajstić information content (AvgIpc) is 2.81. The zero-order chi connectivity index (χ0) is 27.8. The largest absolute Gasteiger partial charge is 0.480 e. The van der Waals surface area contributed by atoms with Gasteiger partial charge in [0.25, 0.3) is 0 Å². The van der Waals surface area contributed by atoms with Crippen LogP contribution in [0.4, 0.5) is 0 Å². The van der Waals surface area contributed by atoms with Crippen molar-refractivity contribution in [1.29, 1.82) is 0 Å². The van der Waals surface area contributed by atoms with Crippen molar-refractivity contribution >= 4 is 29.7 Å². The van der Waals surface area contributed by atoms with Crippen LogP contribution in [0.2, 0.25) is 0 Å². The lowest BCUT2D eigenvalue weighted by Gasteiger charge is -2.28. The number of aliphatic hydroxyl groups is 1. The molecular weight excluding hydrogens is 472 g/mol. The zero-order valence-corrected chi connectivity index (χ0v) is 21.4. The number of aliphatic imine (C=N–C) groups is 1. The second-order valence-electron chi connectivity index (χ2n) is 8.84. The van der Waals surface area contributed by atoms with Crippen molar-refractivity contribution in [2.24, 2.45) is 33.8 Å². The predicted octanol–water partition coefficient (Wildman–Crippen LogP) is -2.54. The van der Waals surface area contributed by atoms with Crippen LogP contribution < -0.4 is 38.9 Å². The summed E-state index contributed by atoms with van der Waals surface area (Å²) in [4.78, 5) is 53.9. The van der Waals surface area contributed by atoms with Gasteiger partial charge in [0, 0.05) is 6.54 Å². The summed E-state index contributed by atoms with van der Waals surface area (Å²) < 4.78 is 0. The molecule has 14 heteroatoms. The number of guanidine groups is 1. The number of hydrogen-bond acceptors (Lipinski definition) is 8. The van der Waals surface area contributed by atoms with Crippen LogP contribution in [-0.4, -0.2) is 83.2 Å². The number of carboxylic acid groups (broad SMARTS) is 1. The van der Waals surface area contributed by atoms with Crippen LogP contribution in [0.1, 0.15) is 59.3 Å². The number of hydrogen-bond donors (Lipinski definition) is 9. The van der Waals surface area contributed by atoms with Gasteiger partial charge in [-0.05, 0) is 45.1 Å². The fourth-order valence-electron chi connectivity index (χ4n) is 3.28. The Kier molecular flexibility index (Phi) is 16.0. The number of nitrogens with two attached hydrogens (primary N) is 4. The van der Waals surface area contributed by atoms with E-state index in [1.54, 1.807) is 13.8 Å². The van der Waals surface area contributed by atoms with Gasteiger partial charge in [0.1, 0.15) is 12.1 Å². The number of carbonyl (C=O) groups excluding carboxylic acids is 3. The summed E-state index contributed by atoms with van der Waals surface area (Å²) in [6, 6.07) is -4.56. The predicted molar refractivity (Wildman–Crippen MR) is 135 cm³/mol. The van der Waals surface area contributed by atoms with Crippen LogP contribution in [0.15, 0.2) is 4.99 Å². The first-order valence-electron chi connectivity index (χ1n) is 12.2. The van der Waals surface area contributed by atoms with E-state index in [0.717, 1.165) is 0 Å². The summed E-state index contributed by atoms with van der Waals surface area (Å²) >= 11 is 0. The van der Waals surface area contributed by atoms with Crippen molar-refractivity contribution in [3.8, 4) is 0 Å². The first-order valence-corrected chi connectivity index (χ1v) is 12.2. The Labute approximate surface area is 212 Å². The number of nitrogens with zero attached hydrogens (tertiary/aromatic N) is 1. The molecule has 0 aliphatic rings. The summed E-state index contributed by atoms with van der Waals surface area (Å²) in [6.45, 7) is 5.43. The van der Waals surface area contributed by atoms with E-state index >= 15 is 0 Å². The molecule has 0 saturated carbocycles. The molecule has 0 spiro atoms. The second-order valence-corrected chi connectivity index (χ2v) is 8.84. The molecule has 3 amide bonds. The molecular formula is C22H44N8O6. The third-order valence-corrected chi connectivity index (χ3v) is 5.72. The lowest BCUT2D eigenvalue weighted by molar-refractivity contribution is -0.145. The third-order valence-electron chi connectivity index (χ3n) is 5.72. The highest BCUT2D eigenvalue weighted by atomic mass is 16.4. The number of carboxylic acids is 1. The van der Waals surface area contributed by atoms with Crippen molar-refractivity contribution in [3.05, 3.63) is 0 Å². The minimum absolute atomic E-state index is 0.110. The van der Waals surface area contributed by atoms with E-state index in [0.29, 0.717) is 38.6 Å². The number of rotatable bonds is 18. The SMILES string of the molecule is CCC(C)C(NC(=O)C(CCCN=C(N)N)NC(=O)C(N)CCCCN)C(=O)NC(C(=O)O)C(C)O. The Hall–Kier alpha value is -2.97. The fourth-order valence-corrected chi connectivity index (χ4v) is 3.28. The van der Waals surface area contributed by atoms with Crippen molar-refractivity contribution in [2.75, 3.05) is 13.1 Å². The van der Waals surface area contributed by atoms with Crippen LogP contribution in [0, 0.1) is 5.92 Å².